The summed E-state index contributed by atoms with van der Waals surface area (Å²) < 4.78 is 2.29. The van der Waals surface area contributed by atoms with Gasteiger partial charge in [-0.15, -0.1) is 0 Å². The van der Waals surface area contributed by atoms with E-state index in [2.05, 4.69) is 20.6 Å². The fourth-order valence-corrected chi connectivity index (χ4v) is 4.91. The number of hydrogen-bond acceptors (Lipinski definition) is 3. The second-order valence-electron chi connectivity index (χ2n) is 6.18. The zero-order chi connectivity index (χ0) is 11.9. The fraction of sp³-hybridized carbons (Fsp3) is 0.571. The normalized spacial score (nSPS) is 40.3. The molecule has 18 heavy (non-hydrogen) atoms. The highest BCUT2D eigenvalue weighted by molar-refractivity contribution is 5.77. The average Bonchev–Trinajstić information content (AvgIpc) is 2.75. The minimum Gasteiger partial charge on any atom is -0.369 e. The van der Waals surface area contributed by atoms with Crippen LogP contribution in [-0.4, -0.2) is 14.5 Å². The molecule has 2 aromatic heterocycles. The molecule has 3 fully saturated rings. The first-order valence-corrected chi connectivity index (χ1v) is 6.92. The molecule has 5 rings (SSSR count). The second kappa shape index (κ2) is 2.87. The SMILES string of the molecule is Nc1nc2cnccc2n1C1C2C3CCC(C3)C21. The molecule has 3 aliphatic rings. The van der Waals surface area contributed by atoms with Gasteiger partial charge in [-0.2, -0.15) is 0 Å². The van der Waals surface area contributed by atoms with Gasteiger partial charge in [-0.05, 0) is 49.0 Å². The van der Waals surface area contributed by atoms with Gasteiger partial charge in [0.05, 0.1) is 11.7 Å². The van der Waals surface area contributed by atoms with Gasteiger partial charge in [-0.25, -0.2) is 4.98 Å². The van der Waals surface area contributed by atoms with Gasteiger partial charge < -0.3 is 10.3 Å². The number of imidazole rings is 1. The molecule has 4 nitrogen and oxygen atoms in total. The van der Waals surface area contributed by atoms with Crippen molar-refractivity contribution in [2.75, 3.05) is 5.73 Å². The number of fused-ring (bicyclic) bond motifs is 6. The molecular formula is C14H16N4. The summed E-state index contributed by atoms with van der Waals surface area (Å²) in [6, 6.07) is 2.68. The molecule has 2 bridgehead atoms. The van der Waals surface area contributed by atoms with Crippen LogP contribution in [0.15, 0.2) is 18.5 Å². The monoisotopic (exact) mass is 240 g/mol. The predicted octanol–water partition coefficient (Wildman–Crippen LogP) is 2.23. The van der Waals surface area contributed by atoms with Gasteiger partial charge in [0, 0.05) is 12.2 Å². The number of rotatable bonds is 1. The van der Waals surface area contributed by atoms with Crippen LogP contribution in [0, 0.1) is 23.7 Å². The molecule has 0 radical (unpaired) electrons. The van der Waals surface area contributed by atoms with E-state index in [9.17, 15) is 0 Å². The topological polar surface area (TPSA) is 56.7 Å². The van der Waals surface area contributed by atoms with Crippen LogP contribution in [-0.2, 0) is 0 Å². The number of nitrogen functional groups attached to an aromatic ring is 1. The Labute approximate surface area is 105 Å². The standard InChI is InChI=1S/C14H16N4/c15-14-17-9-6-16-4-3-10(9)18(14)13-11-7-1-2-8(5-7)12(11)13/h3-4,6-8,11-13H,1-2,5H2,(H2,15,17). The summed E-state index contributed by atoms with van der Waals surface area (Å²) in [6.45, 7) is 0. The van der Waals surface area contributed by atoms with Gasteiger partial charge in [0.1, 0.15) is 5.52 Å². The van der Waals surface area contributed by atoms with Crippen molar-refractivity contribution in [2.45, 2.75) is 25.3 Å². The van der Waals surface area contributed by atoms with Gasteiger partial charge >= 0.3 is 0 Å². The van der Waals surface area contributed by atoms with E-state index in [1.807, 2.05) is 12.4 Å². The van der Waals surface area contributed by atoms with Gasteiger partial charge in [0.15, 0.2) is 0 Å². The maximum atomic E-state index is 6.13. The van der Waals surface area contributed by atoms with Crippen LogP contribution in [0.4, 0.5) is 5.95 Å². The maximum absolute atomic E-state index is 6.13. The van der Waals surface area contributed by atoms with E-state index in [0.717, 1.165) is 29.2 Å². The summed E-state index contributed by atoms with van der Waals surface area (Å²) in [6.07, 6.45) is 8.01. The summed E-state index contributed by atoms with van der Waals surface area (Å²) >= 11 is 0. The molecule has 3 saturated carbocycles. The highest BCUT2D eigenvalue weighted by atomic mass is 15.2. The predicted molar refractivity (Wildman–Crippen MR) is 68.8 cm³/mol. The largest absolute Gasteiger partial charge is 0.369 e. The Bertz CT molecular complexity index is 630. The average molecular weight is 240 g/mol. The van der Waals surface area contributed by atoms with Crippen molar-refractivity contribution in [2.24, 2.45) is 23.7 Å². The Balaban J connectivity index is 1.66. The molecule has 4 atom stereocenters. The molecule has 0 aliphatic heterocycles. The summed E-state index contributed by atoms with van der Waals surface area (Å²) in [4.78, 5) is 8.58. The lowest BCUT2D eigenvalue weighted by molar-refractivity contribution is 0.456. The van der Waals surface area contributed by atoms with Crippen molar-refractivity contribution in [3.8, 4) is 0 Å². The van der Waals surface area contributed by atoms with E-state index < -0.39 is 0 Å². The van der Waals surface area contributed by atoms with Gasteiger partial charge in [0.2, 0.25) is 5.95 Å². The molecule has 0 saturated heterocycles. The number of pyridine rings is 1. The van der Waals surface area contributed by atoms with Crippen molar-refractivity contribution < 1.29 is 0 Å². The Morgan fingerprint density at radius 1 is 1.22 bits per heavy atom. The minimum atomic E-state index is 0.628. The van der Waals surface area contributed by atoms with Gasteiger partial charge in [0.25, 0.3) is 0 Å². The summed E-state index contributed by atoms with van der Waals surface area (Å²) in [5, 5.41) is 0. The van der Waals surface area contributed by atoms with Crippen LogP contribution in [0.1, 0.15) is 25.3 Å². The van der Waals surface area contributed by atoms with E-state index >= 15 is 0 Å². The van der Waals surface area contributed by atoms with E-state index in [0.29, 0.717) is 12.0 Å². The first kappa shape index (κ1) is 9.36. The van der Waals surface area contributed by atoms with Crippen LogP contribution in [0.5, 0.6) is 0 Å². The van der Waals surface area contributed by atoms with Crippen LogP contribution in [0.25, 0.3) is 11.0 Å². The Morgan fingerprint density at radius 3 is 2.78 bits per heavy atom. The molecular weight excluding hydrogens is 224 g/mol. The van der Waals surface area contributed by atoms with Crippen LogP contribution >= 0.6 is 0 Å². The van der Waals surface area contributed by atoms with E-state index in [1.54, 1.807) is 0 Å². The Morgan fingerprint density at radius 2 is 2.00 bits per heavy atom. The first-order chi connectivity index (χ1) is 8.84. The molecule has 2 N–H and O–H groups in total. The summed E-state index contributed by atoms with van der Waals surface area (Å²) in [5.41, 5.74) is 8.24. The highest BCUT2D eigenvalue weighted by Gasteiger charge is 2.66. The molecule has 0 aromatic carbocycles. The summed E-state index contributed by atoms with van der Waals surface area (Å²) in [5.74, 6) is 4.37. The van der Waals surface area contributed by atoms with Gasteiger partial charge in [-0.3, -0.25) is 4.98 Å². The number of anilines is 1. The number of aromatic nitrogens is 3. The van der Waals surface area contributed by atoms with Crippen LogP contribution in [0.2, 0.25) is 0 Å². The zero-order valence-electron chi connectivity index (χ0n) is 10.2. The lowest BCUT2D eigenvalue weighted by atomic mass is 10.0. The maximum Gasteiger partial charge on any atom is 0.201 e. The lowest BCUT2D eigenvalue weighted by Crippen LogP contribution is -2.08. The molecule has 0 amide bonds. The molecule has 92 valence electrons. The van der Waals surface area contributed by atoms with Crippen LogP contribution in [0.3, 0.4) is 0 Å². The third-order valence-corrected chi connectivity index (χ3v) is 5.51. The Hall–Kier alpha value is -1.58. The molecule has 3 aliphatic carbocycles. The third-order valence-electron chi connectivity index (χ3n) is 5.51. The number of nitrogens with two attached hydrogens (primary N) is 1. The first-order valence-electron chi connectivity index (χ1n) is 6.92. The second-order valence-corrected chi connectivity index (χ2v) is 6.18. The summed E-state index contributed by atoms with van der Waals surface area (Å²) in [7, 11) is 0. The van der Waals surface area contributed by atoms with E-state index in [1.165, 1.54) is 24.8 Å². The molecule has 2 heterocycles. The third kappa shape index (κ3) is 0.945. The quantitative estimate of drug-likeness (QED) is 0.831. The fourth-order valence-electron chi connectivity index (χ4n) is 4.91. The minimum absolute atomic E-state index is 0.628. The van der Waals surface area contributed by atoms with E-state index in [-0.39, 0.29) is 0 Å². The zero-order valence-corrected chi connectivity index (χ0v) is 10.2. The van der Waals surface area contributed by atoms with Crippen molar-refractivity contribution in [1.29, 1.82) is 0 Å². The van der Waals surface area contributed by atoms with Crippen LogP contribution < -0.4 is 5.73 Å². The molecule has 2 aromatic rings. The molecule has 4 unspecified atom stereocenters. The smallest absolute Gasteiger partial charge is 0.201 e. The van der Waals surface area contributed by atoms with Gasteiger partial charge in [-0.1, -0.05) is 0 Å². The molecule has 0 spiro atoms. The Kier molecular flexibility index (Phi) is 1.49. The van der Waals surface area contributed by atoms with Crippen molar-refractivity contribution in [3.63, 3.8) is 0 Å². The van der Waals surface area contributed by atoms with Crippen molar-refractivity contribution >= 4 is 17.0 Å². The lowest BCUT2D eigenvalue weighted by Gasteiger charge is -2.12. The highest BCUT2D eigenvalue weighted by Crippen LogP contribution is 2.72. The van der Waals surface area contributed by atoms with Crippen molar-refractivity contribution in [1.82, 2.24) is 14.5 Å². The van der Waals surface area contributed by atoms with Crippen molar-refractivity contribution in [3.05, 3.63) is 18.5 Å². The number of nitrogens with zero attached hydrogens (tertiary/aromatic N) is 3. The molecule has 4 heteroatoms. The van der Waals surface area contributed by atoms with E-state index in [4.69, 9.17) is 5.73 Å². The number of hydrogen-bond donors (Lipinski definition) is 1.